The number of hydrogen-bond acceptors (Lipinski definition) is 6. The van der Waals surface area contributed by atoms with E-state index in [4.69, 9.17) is 9.47 Å². The van der Waals surface area contributed by atoms with Gasteiger partial charge in [-0.05, 0) is 71.8 Å². The molecule has 0 aliphatic rings. The summed E-state index contributed by atoms with van der Waals surface area (Å²) in [5.74, 6) is 0.194. The number of carbonyl (C=O) groups excluding carboxylic acids is 2. The molecule has 0 unspecified atom stereocenters. The van der Waals surface area contributed by atoms with Gasteiger partial charge in [0.1, 0.15) is 34.8 Å². The molecule has 3 aromatic carbocycles. The molecule has 0 spiro atoms. The summed E-state index contributed by atoms with van der Waals surface area (Å²) < 4.78 is 10.2. The topological polar surface area (TPSA) is 124 Å². The molecule has 0 aliphatic carbocycles. The van der Waals surface area contributed by atoms with Crippen LogP contribution in [-0.4, -0.2) is 26.0 Å². The number of methoxy groups -OCH3 is 2. The molecule has 0 fully saturated rings. The normalized spacial score (nSPS) is 11.0. The van der Waals surface area contributed by atoms with Crippen molar-refractivity contribution < 1.29 is 19.1 Å². The number of nitrogens with one attached hydrogen (secondary N) is 2. The highest BCUT2D eigenvalue weighted by atomic mass is 16.5. The number of nitrogens with zero attached hydrogens (tertiary/aromatic N) is 2. The number of benzene rings is 3. The molecule has 0 aliphatic heterocycles. The Kier molecular flexibility index (Phi) is 8.58. The van der Waals surface area contributed by atoms with Crippen LogP contribution in [0.1, 0.15) is 11.1 Å². The van der Waals surface area contributed by atoms with Crippen LogP contribution >= 0.6 is 0 Å². The summed E-state index contributed by atoms with van der Waals surface area (Å²) in [6.45, 7) is 0. The van der Waals surface area contributed by atoms with Gasteiger partial charge in [0.05, 0.1) is 14.2 Å². The molecule has 2 amide bonds. The molecule has 8 nitrogen and oxygen atoms in total. The SMILES string of the molecule is COc1ccc(/C=C(\C#N)C(=O)Nc2ccc(NC(=O)/C(C#N)=C/c3ccc(OC)cc3)cc2)cc1. The number of ether oxygens (including phenoxy) is 2. The van der Waals surface area contributed by atoms with E-state index in [1.54, 1.807) is 87.0 Å². The zero-order chi connectivity index (χ0) is 25.9. The highest BCUT2D eigenvalue weighted by Crippen LogP contribution is 2.18. The van der Waals surface area contributed by atoms with Gasteiger partial charge < -0.3 is 20.1 Å². The fraction of sp³-hybridized carbons (Fsp3) is 0.0714. The average molecular weight is 479 g/mol. The summed E-state index contributed by atoms with van der Waals surface area (Å²) in [4.78, 5) is 25.1. The van der Waals surface area contributed by atoms with Gasteiger partial charge in [-0.25, -0.2) is 0 Å². The zero-order valence-corrected chi connectivity index (χ0v) is 19.6. The van der Waals surface area contributed by atoms with Gasteiger partial charge in [0.2, 0.25) is 0 Å². The maximum atomic E-state index is 12.5. The lowest BCUT2D eigenvalue weighted by Gasteiger charge is -2.08. The second-order valence-electron chi connectivity index (χ2n) is 7.37. The minimum atomic E-state index is -0.570. The molecule has 0 saturated heterocycles. The lowest BCUT2D eigenvalue weighted by atomic mass is 10.1. The van der Waals surface area contributed by atoms with Crippen LogP contribution in [-0.2, 0) is 9.59 Å². The maximum Gasteiger partial charge on any atom is 0.266 e. The third kappa shape index (κ3) is 6.83. The molecule has 178 valence electrons. The molecule has 0 atom stereocenters. The van der Waals surface area contributed by atoms with E-state index < -0.39 is 11.8 Å². The fourth-order valence-corrected chi connectivity index (χ4v) is 3.06. The highest BCUT2D eigenvalue weighted by molar-refractivity contribution is 6.11. The number of rotatable bonds is 8. The molecule has 0 saturated carbocycles. The predicted octanol–water partition coefficient (Wildman–Crippen LogP) is 4.80. The van der Waals surface area contributed by atoms with Crippen molar-refractivity contribution >= 4 is 35.3 Å². The molecule has 0 radical (unpaired) electrons. The predicted molar refractivity (Wildman–Crippen MR) is 137 cm³/mol. The van der Waals surface area contributed by atoms with E-state index in [-0.39, 0.29) is 11.1 Å². The van der Waals surface area contributed by atoms with Gasteiger partial charge in [-0.1, -0.05) is 24.3 Å². The van der Waals surface area contributed by atoms with Gasteiger partial charge in [0.15, 0.2) is 0 Å². The molecule has 0 aromatic heterocycles. The average Bonchev–Trinajstić information content (AvgIpc) is 2.91. The number of anilines is 2. The number of amides is 2. The largest absolute Gasteiger partial charge is 0.497 e. The van der Waals surface area contributed by atoms with Crippen LogP contribution in [0, 0.1) is 22.7 Å². The Bertz CT molecular complexity index is 1270. The first kappa shape index (κ1) is 25.3. The fourth-order valence-electron chi connectivity index (χ4n) is 3.06. The number of nitriles is 2. The summed E-state index contributed by atoms with van der Waals surface area (Å²) in [6, 6.07) is 24.0. The minimum Gasteiger partial charge on any atom is -0.497 e. The van der Waals surface area contributed by atoms with Gasteiger partial charge in [-0.2, -0.15) is 10.5 Å². The van der Waals surface area contributed by atoms with Crippen molar-refractivity contribution in [3.8, 4) is 23.6 Å². The second kappa shape index (κ2) is 12.2. The van der Waals surface area contributed by atoms with Crippen molar-refractivity contribution in [2.75, 3.05) is 24.9 Å². The minimum absolute atomic E-state index is 0.0696. The Morgan fingerprint density at radius 3 is 1.25 bits per heavy atom. The van der Waals surface area contributed by atoms with Crippen LogP contribution in [0.15, 0.2) is 83.9 Å². The quantitative estimate of drug-likeness (QED) is 0.354. The highest BCUT2D eigenvalue weighted by Gasteiger charge is 2.12. The summed E-state index contributed by atoms with van der Waals surface area (Å²) in [7, 11) is 3.11. The monoisotopic (exact) mass is 478 g/mol. The van der Waals surface area contributed by atoms with Crippen molar-refractivity contribution in [2.45, 2.75) is 0 Å². The molecule has 0 bridgehead atoms. The van der Waals surface area contributed by atoms with Crippen molar-refractivity contribution in [3.05, 3.63) is 95.1 Å². The van der Waals surface area contributed by atoms with Crippen molar-refractivity contribution in [1.82, 2.24) is 0 Å². The smallest absolute Gasteiger partial charge is 0.266 e. The summed E-state index contributed by atoms with van der Waals surface area (Å²) in [5.41, 5.74) is 2.08. The van der Waals surface area contributed by atoms with Gasteiger partial charge in [0, 0.05) is 11.4 Å². The lowest BCUT2D eigenvalue weighted by molar-refractivity contribution is -0.113. The molecule has 0 heterocycles. The van der Waals surface area contributed by atoms with Gasteiger partial charge in [-0.3, -0.25) is 9.59 Å². The first-order chi connectivity index (χ1) is 17.4. The standard InChI is InChI=1S/C28H22N4O4/c1-35-25-11-3-19(4-12-25)15-21(17-29)27(33)31-23-7-9-24(10-8-23)32-28(34)22(18-30)16-20-5-13-26(36-2)14-6-20/h3-16H,1-2H3,(H,31,33)(H,32,34)/b21-15+,22-16+. The molecular weight excluding hydrogens is 456 g/mol. The van der Waals surface area contributed by atoms with Gasteiger partial charge in [-0.15, -0.1) is 0 Å². The Labute approximate surface area is 208 Å². The molecule has 3 aromatic rings. The second-order valence-corrected chi connectivity index (χ2v) is 7.37. The Hall–Kier alpha value is -5.34. The van der Waals surface area contributed by atoms with E-state index in [1.807, 2.05) is 12.1 Å². The Morgan fingerprint density at radius 2 is 0.972 bits per heavy atom. The van der Waals surface area contributed by atoms with Gasteiger partial charge >= 0.3 is 0 Å². The third-order valence-electron chi connectivity index (χ3n) is 4.98. The van der Waals surface area contributed by atoms with Crippen LogP contribution in [0.4, 0.5) is 11.4 Å². The molecular formula is C28H22N4O4. The van der Waals surface area contributed by atoms with E-state index in [0.717, 1.165) is 0 Å². The van der Waals surface area contributed by atoms with E-state index in [1.165, 1.54) is 12.2 Å². The molecule has 8 heteroatoms. The van der Waals surface area contributed by atoms with Gasteiger partial charge in [0.25, 0.3) is 11.8 Å². The Morgan fingerprint density at radius 1 is 0.639 bits per heavy atom. The van der Waals surface area contributed by atoms with E-state index in [0.29, 0.717) is 34.0 Å². The maximum absolute atomic E-state index is 12.5. The van der Waals surface area contributed by atoms with E-state index in [2.05, 4.69) is 10.6 Å². The summed E-state index contributed by atoms with van der Waals surface area (Å²) in [6.07, 6.45) is 2.95. The number of hydrogen-bond donors (Lipinski definition) is 2. The van der Waals surface area contributed by atoms with Crippen LogP contribution < -0.4 is 20.1 Å². The van der Waals surface area contributed by atoms with Crippen molar-refractivity contribution in [1.29, 1.82) is 10.5 Å². The first-order valence-electron chi connectivity index (χ1n) is 10.7. The zero-order valence-electron chi connectivity index (χ0n) is 19.6. The third-order valence-corrected chi connectivity index (χ3v) is 4.98. The van der Waals surface area contributed by atoms with Crippen molar-refractivity contribution in [3.63, 3.8) is 0 Å². The van der Waals surface area contributed by atoms with E-state index in [9.17, 15) is 20.1 Å². The van der Waals surface area contributed by atoms with Crippen LogP contribution in [0.25, 0.3) is 12.2 Å². The van der Waals surface area contributed by atoms with Crippen LogP contribution in [0.5, 0.6) is 11.5 Å². The first-order valence-corrected chi connectivity index (χ1v) is 10.7. The molecule has 2 N–H and O–H groups in total. The van der Waals surface area contributed by atoms with Crippen molar-refractivity contribution in [2.24, 2.45) is 0 Å². The number of carbonyl (C=O) groups is 2. The summed E-state index contributed by atoms with van der Waals surface area (Å²) in [5, 5.41) is 24.1. The van der Waals surface area contributed by atoms with E-state index >= 15 is 0 Å². The van der Waals surface area contributed by atoms with Crippen LogP contribution in [0.3, 0.4) is 0 Å². The summed E-state index contributed by atoms with van der Waals surface area (Å²) >= 11 is 0. The van der Waals surface area contributed by atoms with Crippen LogP contribution in [0.2, 0.25) is 0 Å². The lowest BCUT2D eigenvalue weighted by Crippen LogP contribution is -2.15. The Balaban J connectivity index is 1.65. The molecule has 36 heavy (non-hydrogen) atoms. The molecule has 3 rings (SSSR count).